The third-order valence-corrected chi connectivity index (χ3v) is 5.33. The lowest BCUT2D eigenvalue weighted by atomic mass is 9.65. The smallest absolute Gasteiger partial charge is 0.227 e. The van der Waals surface area contributed by atoms with Gasteiger partial charge in [0.1, 0.15) is 5.82 Å². The van der Waals surface area contributed by atoms with Crippen LogP contribution in [0.4, 0.5) is 15.8 Å². The van der Waals surface area contributed by atoms with Crippen LogP contribution in [0.15, 0.2) is 18.2 Å². The van der Waals surface area contributed by atoms with Gasteiger partial charge < -0.3 is 16.4 Å². The summed E-state index contributed by atoms with van der Waals surface area (Å²) in [4.78, 5) is 23.7. The number of hydrogen-bond acceptors (Lipinski definition) is 3. The van der Waals surface area contributed by atoms with Crippen molar-refractivity contribution in [2.75, 3.05) is 10.6 Å². The summed E-state index contributed by atoms with van der Waals surface area (Å²) < 4.78 is 14.0. The first-order valence-electron chi connectivity index (χ1n) is 8.57. The Balaban J connectivity index is 1.69. The minimum atomic E-state index is -0.509. The average Bonchev–Trinajstić information content (AvgIpc) is 2.49. The minimum Gasteiger partial charge on any atom is -0.327 e. The fourth-order valence-electron chi connectivity index (χ4n) is 4.14. The molecule has 1 aromatic rings. The number of carbonyl (C=O) groups excluding carboxylic acids is 2. The van der Waals surface area contributed by atoms with Crippen LogP contribution < -0.4 is 16.4 Å². The molecule has 0 radical (unpaired) electrons. The topological polar surface area (TPSA) is 84.2 Å². The molecule has 2 aliphatic carbocycles. The largest absolute Gasteiger partial charge is 0.327 e. The Labute approximate surface area is 141 Å². The van der Waals surface area contributed by atoms with E-state index in [0.29, 0.717) is 17.5 Å². The number of hydrogen-bond donors (Lipinski definition) is 3. The molecule has 0 aromatic heterocycles. The van der Waals surface area contributed by atoms with Gasteiger partial charge in [-0.25, -0.2) is 4.39 Å². The van der Waals surface area contributed by atoms with E-state index >= 15 is 0 Å². The van der Waals surface area contributed by atoms with Gasteiger partial charge in [0.05, 0.1) is 5.69 Å². The van der Waals surface area contributed by atoms with Crippen LogP contribution in [0.5, 0.6) is 0 Å². The number of carbonyl (C=O) groups is 2. The van der Waals surface area contributed by atoms with E-state index < -0.39 is 5.82 Å². The maximum atomic E-state index is 14.0. The summed E-state index contributed by atoms with van der Waals surface area (Å²) in [6.07, 6.45) is 4.89. The molecule has 2 amide bonds. The number of anilines is 2. The van der Waals surface area contributed by atoms with Crippen molar-refractivity contribution in [1.82, 2.24) is 0 Å². The van der Waals surface area contributed by atoms with Gasteiger partial charge >= 0.3 is 0 Å². The first-order valence-corrected chi connectivity index (χ1v) is 8.57. The summed E-state index contributed by atoms with van der Waals surface area (Å²) in [5.74, 6) is -0.243. The summed E-state index contributed by atoms with van der Waals surface area (Å²) >= 11 is 0. The Bertz CT molecular complexity index is 635. The van der Waals surface area contributed by atoms with Crippen LogP contribution in [0.25, 0.3) is 0 Å². The Morgan fingerprint density at radius 2 is 1.83 bits per heavy atom. The van der Waals surface area contributed by atoms with Gasteiger partial charge in [-0.3, -0.25) is 9.59 Å². The van der Waals surface area contributed by atoms with Gasteiger partial charge in [0.25, 0.3) is 0 Å². The molecule has 0 spiro atoms. The molecule has 0 aliphatic heterocycles. The molecule has 2 aliphatic rings. The standard InChI is InChI=1S/C18H24FN3O2/c1-10(23)21-14-5-6-15(19)16(9-14)22-18(24)13-7-11-3-2-4-12(8-13)17(11)20/h5-6,9,11-13,17H,2-4,7-8,20H2,1H3,(H,21,23)(H,22,24). The van der Waals surface area contributed by atoms with Gasteiger partial charge in [0.2, 0.25) is 11.8 Å². The quantitative estimate of drug-likeness (QED) is 0.795. The summed E-state index contributed by atoms with van der Waals surface area (Å²) in [7, 11) is 0. The van der Waals surface area contributed by atoms with E-state index in [4.69, 9.17) is 5.73 Å². The number of amides is 2. The van der Waals surface area contributed by atoms with E-state index in [-0.39, 0.29) is 29.5 Å². The highest BCUT2D eigenvalue weighted by molar-refractivity contribution is 5.94. The molecule has 2 unspecified atom stereocenters. The summed E-state index contributed by atoms with van der Waals surface area (Å²) in [6.45, 7) is 1.38. The van der Waals surface area contributed by atoms with Gasteiger partial charge in [-0.15, -0.1) is 0 Å². The lowest BCUT2D eigenvalue weighted by Crippen LogP contribution is -2.48. The van der Waals surface area contributed by atoms with Gasteiger partial charge in [-0.05, 0) is 55.7 Å². The zero-order chi connectivity index (χ0) is 17.3. The van der Waals surface area contributed by atoms with Crippen LogP contribution in [0.1, 0.15) is 39.0 Å². The molecule has 2 fully saturated rings. The first kappa shape index (κ1) is 16.9. The predicted octanol–water partition coefficient (Wildman–Crippen LogP) is 2.88. The van der Waals surface area contributed by atoms with Gasteiger partial charge in [-0.2, -0.15) is 0 Å². The lowest BCUT2D eigenvalue weighted by Gasteiger charge is -2.43. The third-order valence-electron chi connectivity index (χ3n) is 5.33. The molecule has 4 N–H and O–H groups in total. The van der Waals surface area contributed by atoms with Crippen molar-refractivity contribution < 1.29 is 14.0 Å². The van der Waals surface area contributed by atoms with E-state index in [9.17, 15) is 14.0 Å². The Morgan fingerprint density at radius 1 is 1.17 bits per heavy atom. The lowest BCUT2D eigenvalue weighted by molar-refractivity contribution is -0.122. The zero-order valence-corrected chi connectivity index (χ0v) is 13.8. The maximum absolute atomic E-state index is 14.0. The van der Waals surface area contributed by atoms with Crippen LogP contribution in [-0.2, 0) is 9.59 Å². The van der Waals surface area contributed by atoms with Gasteiger partial charge in [0, 0.05) is 24.6 Å². The maximum Gasteiger partial charge on any atom is 0.227 e. The van der Waals surface area contributed by atoms with Crippen molar-refractivity contribution in [2.24, 2.45) is 23.5 Å². The second-order valence-electron chi connectivity index (χ2n) is 7.06. The molecule has 2 saturated carbocycles. The molecule has 3 rings (SSSR count). The SMILES string of the molecule is CC(=O)Nc1ccc(F)c(NC(=O)C2CC3CCCC(C2)C3N)c1. The molecule has 130 valence electrons. The fraction of sp³-hybridized carbons (Fsp3) is 0.556. The van der Waals surface area contributed by atoms with Gasteiger partial charge in [0.15, 0.2) is 0 Å². The normalized spacial score (nSPS) is 29.0. The average molecular weight is 333 g/mol. The molecule has 2 atom stereocenters. The summed E-state index contributed by atoms with van der Waals surface area (Å²) in [6, 6.07) is 4.36. The van der Waals surface area contributed by atoms with Crippen LogP contribution >= 0.6 is 0 Å². The van der Waals surface area contributed by atoms with Crippen LogP contribution in [0.2, 0.25) is 0 Å². The number of halogens is 1. The van der Waals surface area contributed by atoms with Crippen LogP contribution in [0.3, 0.4) is 0 Å². The predicted molar refractivity (Wildman–Crippen MR) is 90.9 cm³/mol. The van der Waals surface area contributed by atoms with E-state index in [2.05, 4.69) is 10.6 Å². The minimum absolute atomic E-state index is 0.103. The highest BCUT2D eigenvalue weighted by Gasteiger charge is 2.40. The molecular weight excluding hydrogens is 309 g/mol. The number of benzene rings is 1. The van der Waals surface area contributed by atoms with E-state index in [1.165, 1.54) is 31.5 Å². The molecule has 6 heteroatoms. The molecule has 0 saturated heterocycles. The van der Waals surface area contributed by atoms with Crippen molar-refractivity contribution in [1.29, 1.82) is 0 Å². The fourth-order valence-corrected chi connectivity index (χ4v) is 4.14. The Kier molecular flexibility index (Phi) is 4.85. The highest BCUT2D eigenvalue weighted by Crippen LogP contribution is 2.42. The first-order chi connectivity index (χ1) is 11.4. The number of nitrogens with two attached hydrogens (primary N) is 1. The molecular formula is C18H24FN3O2. The van der Waals surface area contributed by atoms with E-state index in [1.807, 2.05) is 0 Å². The molecule has 0 heterocycles. The molecule has 5 nitrogen and oxygen atoms in total. The van der Waals surface area contributed by atoms with Crippen molar-refractivity contribution in [3.05, 3.63) is 24.0 Å². The van der Waals surface area contributed by atoms with Crippen molar-refractivity contribution in [3.8, 4) is 0 Å². The van der Waals surface area contributed by atoms with Gasteiger partial charge in [-0.1, -0.05) is 6.42 Å². The van der Waals surface area contributed by atoms with Crippen molar-refractivity contribution in [2.45, 2.75) is 45.1 Å². The molecule has 24 heavy (non-hydrogen) atoms. The van der Waals surface area contributed by atoms with Crippen LogP contribution in [0, 0.1) is 23.6 Å². The van der Waals surface area contributed by atoms with E-state index in [0.717, 1.165) is 25.7 Å². The monoisotopic (exact) mass is 333 g/mol. The number of nitrogens with one attached hydrogen (secondary N) is 2. The molecule has 2 bridgehead atoms. The van der Waals surface area contributed by atoms with Crippen molar-refractivity contribution >= 4 is 23.2 Å². The third kappa shape index (κ3) is 3.59. The van der Waals surface area contributed by atoms with Crippen molar-refractivity contribution in [3.63, 3.8) is 0 Å². The number of fused-ring (bicyclic) bond motifs is 2. The number of rotatable bonds is 3. The Hall–Kier alpha value is -1.95. The second kappa shape index (κ2) is 6.89. The Morgan fingerprint density at radius 3 is 2.46 bits per heavy atom. The molecule has 1 aromatic carbocycles. The highest BCUT2D eigenvalue weighted by atomic mass is 19.1. The zero-order valence-electron chi connectivity index (χ0n) is 13.8. The summed E-state index contributed by atoms with van der Waals surface area (Å²) in [5, 5.41) is 5.28. The summed E-state index contributed by atoms with van der Waals surface area (Å²) in [5.41, 5.74) is 6.82. The second-order valence-corrected chi connectivity index (χ2v) is 7.06. The van der Waals surface area contributed by atoms with Crippen LogP contribution in [-0.4, -0.2) is 17.9 Å². The van der Waals surface area contributed by atoms with E-state index in [1.54, 1.807) is 0 Å².